The third kappa shape index (κ3) is 5.08. The second-order valence-electron chi connectivity index (χ2n) is 9.03. The van der Waals surface area contributed by atoms with Gasteiger partial charge < -0.3 is 20.3 Å². The van der Waals surface area contributed by atoms with Gasteiger partial charge in [0.15, 0.2) is 11.6 Å². The third-order valence-electron chi connectivity index (χ3n) is 5.25. The number of fused-ring (bicyclic) bond motifs is 1. The van der Waals surface area contributed by atoms with Crippen LogP contribution in [0.4, 0.5) is 16.4 Å². The summed E-state index contributed by atoms with van der Waals surface area (Å²) in [5.74, 6) is 1.75. The van der Waals surface area contributed by atoms with E-state index in [0.717, 1.165) is 48.5 Å². The fourth-order valence-electron chi connectivity index (χ4n) is 3.72. The van der Waals surface area contributed by atoms with Gasteiger partial charge in [-0.3, -0.25) is 0 Å². The van der Waals surface area contributed by atoms with Crippen LogP contribution in [0.25, 0.3) is 11.0 Å². The predicted molar refractivity (Wildman–Crippen MR) is 115 cm³/mol. The minimum Gasteiger partial charge on any atom is -0.444 e. The first-order valence-electron chi connectivity index (χ1n) is 10.7. The van der Waals surface area contributed by atoms with Crippen LogP contribution in [0.15, 0.2) is 24.3 Å². The topological polar surface area (TPSA) is 79.4 Å². The molecular formula is C22H31N5O2. The smallest absolute Gasteiger partial charge is 0.407 e. The number of aromatic nitrogens is 2. The molecule has 29 heavy (non-hydrogen) atoms. The fourth-order valence-corrected chi connectivity index (χ4v) is 3.72. The molecule has 7 nitrogen and oxygen atoms in total. The van der Waals surface area contributed by atoms with Crippen LogP contribution in [-0.2, 0) is 4.74 Å². The van der Waals surface area contributed by atoms with Crippen LogP contribution in [0.1, 0.15) is 52.9 Å². The first-order valence-corrected chi connectivity index (χ1v) is 10.7. The molecular weight excluding hydrogens is 366 g/mol. The lowest BCUT2D eigenvalue weighted by Gasteiger charge is -2.37. The Hall–Kier alpha value is -2.57. The Morgan fingerprint density at radius 2 is 1.86 bits per heavy atom. The van der Waals surface area contributed by atoms with Crippen LogP contribution in [0, 0.1) is 0 Å². The molecule has 1 aliphatic heterocycles. The summed E-state index contributed by atoms with van der Waals surface area (Å²) in [6, 6.07) is 8.66. The standard InChI is InChI=1S/C22H31N5O2/c1-22(2,3)29-21(28)23-14-16-8-6-7-13-27(16)20-19(24-15-11-12-15)25-17-9-4-5-10-18(17)26-20/h4-5,9-10,15-16H,6-8,11-14H2,1-3H3,(H,23,28)(H,24,25)/t16-/m0/s1. The number of hydrogen-bond donors (Lipinski definition) is 2. The summed E-state index contributed by atoms with van der Waals surface area (Å²) in [6.45, 7) is 7.07. The van der Waals surface area contributed by atoms with Gasteiger partial charge in [0.2, 0.25) is 0 Å². The summed E-state index contributed by atoms with van der Waals surface area (Å²) in [7, 11) is 0. The Labute approximate surface area is 172 Å². The van der Waals surface area contributed by atoms with Crippen LogP contribution in [0.3, 0.4) is 0 Å². The van der Waals surface area contributed by atoms with Crippen molar-refractivity contribution in [2.45, 2.75) is 70.6 Å². The van der Waals surface area contributed by atoms with Crippen LogP contribution in [-0.4, -0.2) is 46.8 Å². The normalized spacial score (nSPS) is 19.8. The zero-order chi connectivity index (χ0) is 20.4. The molecule has 7 heteroatoms. The van der Waals surface area contributed by atoms with Crippen molar-refractivity contribution in [3.05, 3.63) is 24.3 Å². The highest BCUT2D eigenvalue weighted by molar-refractivity contribution is 5.81. The molecule has 2 fully saturated rings. The molecule has 0 unspecified atom stereocenters. The zero-order valence-corrected chi connectivity index (χ0v) is 17.6. The number of hydrogen-bond acceptors (Lipinski definition) is 6. The van der Waals surface area contributed by atoms with Crippen molar-refractivity contribution in [3.8, 4) is 0 Å². The largest absolute Gasteiger partial charge is 0.444 e. The third-order valence-corrected chi connectivity index (χ3v) is 5.25. The minimum absolute atomic E-state index is 0.173. The highest BCUT2D eigenvalue weighted by Gasteiger charge is 2.30. The number of amides is 1. The minimum atomic E-state index is -0.499. The number of para-hydroxylation sites is 2. The van der Waals surface area contributed by atoms with Crippen molar-refractivity contribution in [2.75, 3.05) is 23.3 Å². The molecule has 1 atom stereocenters. The van der Waals surface area contributed by atoms with Gasteiger partial charge in [-0.25, -0.2) is 14.8 Å². The molecule has 1 aliphatic carbocycles. The maximum Gasteiger partial charge on any atom is 0.407 e. The van der Waals surface area contributed by atoms with Gasteiger partial charge >= 0.3 is 6.09 Å². The van der Waals surface area contributed by atoms with Gasteiger partial charge in [-0.05, 0) is 65.0 Å². The van der Waals surface area contributed by atoms with Crippen molar-refractivity contribution in [3.63, 3.8) is 0 Å². The summed E-state index contributed by atoms with van der Waals surface area (Å²) in [4.78, 5) is 24.3. The van der Waals surface area contributed by atoms with Gasteiger partial charge in [0.05, 0.1) is 11.0 Å². The molecule has 1 amide bonds. The number of ether oxygens (including phenoxy) is 1. The van der Waals surface area contributed by atoms with Crippen LogP contribution in [0.5, 0.6) is 0 Å². The quantitative estimate of drug-likeness (QED) is 0.791. The lowest BCUT2D eigenvalue weighted by molar-refractivity contribution is 0.0523. The van der Waals surface area contributed by atoms with Crippen LogP contribution in [0.2, 0.25) is 0 Å². The second kappa shape index (κ2) is 8.05. The first-order chi connectivity index (χ1) is 13.9. The lowest BCUT2D eigenvalue weighted by Crippen LogP contribution is -2.48. The van der Waals surface area contributed by atoms with E-state index in [4.69, 9.17) is 14.7 Å². The number of piperidine rings is 1. The summed E-state index contributed by atoms with van der Waals surface area (Å²) >= 11 is 0. The molecule has 1 saturated heterocycles. The van der Waals surface area contributed by atoms with Crippen molar-refractivity contribution < 1.29 is 9.53 Å². The summed E-state index contributed by atoms with van der Waals surface area (Å²) < 4.78 is 5.40. The predicted octanol–water partition coefficient (Wildman–Crippen LogP) is 4.09. The summed E-state index contributed by atoms with van der Waals surface area (Å²) in [5, 5.41) is 6.51. The van der Waals surface area contributed by atoms with E-state index < -0.39 is 5.60 Å². The summed E-state index contributed by atoms with van der Waals surface area (Å²) in [6.07, 6.45) is 5.25. The van der Waals surface area contributed by atoms with E-state index in [-0.39, 0.29) is 12.1 Å². The van der Waals surface area contributed by atoms with Gasteiger partial charge in [-0.1, -0.05) is 12.1 Å². The van der Waals surface area contributed by atoms with Crippen LogP contribution >= 0.6 is 0 Å². The number of alkyl carbamates (subject to hydrolysis) is 1. The van der Waals surface area contributed by atoms with Gasteiger partial charge in [-0.2, -0.15) is 0 Å². The highest BCUT2D eigenvalue weighted by Crippen LogP contribution is 2.33. The molecule has 0 spiro atoms. The Morgan fingerprint density at radius 3 is 2.55 bits per heavy atom. The number of carbonyl (C=O) groups excluding carboxylic acids is 1. The van der Waals surface area contributed by atoms with Crippen molar-refractivity contribution >= 4 is 28.8 Å². The first kappa shape index (κ1) is 19.7. The number of benzene rings is 1. The van der Waals surface area contributed by atoms with Crippen molar-refractivity contribution in [1.82, 2.24) is 15.3 Å². The number of rotatable bonds is 5. The monoisotopic (exact) mass is 397 g/mol. The van der Waals surface area contributed by atoms with Crippen molar-refractivity contribution in [2.24, 2.45) is 0 Å². The Balaban J connectivity index is 1.57. The molecule has 0 bridgehead atoms. The Bertz CT molecular complexity index is 875. The maximum atomic E-state index is 12.1. The molecule has 1 aromatic carbocycles. The number of carbonyl (C=O) groups is 1. The number of anilines is 2. The SMILES string of the molecule is CC(C)(C)OC(=O)NC[C@@H]1CCCCN1c1nc2ccccc2nc1NC1CC1. The Kier molecular flexibility index (Phi) is 5.48. The molecule has 156 valence electrons. The molecule has 1 aromatic heterocycles. The molecule has 2 aliphatic rings. The zero-order valence-electron chi connectivity index (χ0n) is 17.6. The molecule has 2 aromatic rings. The molecule has 2 heterocycles. The van der Waals surface area contributed by atoms with E-state index in [1.807, 2.05) is 45.0 Å². The van der Waals surface area contributed by atoms with E-state index in [9.17, 15) is 4.79 Å². The fraction of sp³-hybridized carbons (Fsp3) is 0.591. The average Bonchev–Trinajstić information content (AvgIpc) is 3.49. The van der Waals surface area contributed by atoms with E-state index in [0.29, 0.717) is 12.6 Å². The number of nitrogens with zero attached hydrogens (tertiary/aromatic N) is 3. The lowest BCUT2D eigenvalue weighted by atomic mass is 10.0. The average molecular weight is 398 g/mol. The van der Waals surface area contributed by atoms with Gasteiger partial charge in [0.25, 0.3) is 0 Å². The molecule has 1 saturated carbocycles. The van der Waals surface area contributed by atoms with Gasteiger partial charge in [-0.15, -0.1) is 0 Å². The second-order valence-corrected chi connectivity index (χ2v) is 9.03. The molecule has 2 N–H and O–H groups in total. The van der Waals surface area contributed by atoms with E-state index in [1.165, 1.54) is 12.8 Å². The van der Waals surface area contributed by atoms with Crippen molar-refractivity contribution in [1.29, 1.82) is 0 Å². The van der Waals surface area contributed by atoms with E-state index in [1.54, 1.807) is 0 Å². The Morgan fingerprint density at radius 1 is 1.14 bits per heavy atom. The van der Waals surface area contributed by atoms with Gasteiger partial charge in [0, 0.05) is 25.2 Å². The number of nitrogens with one attached hydrogen (secondary N) is 2. The molecule has 0 radical (unpaired) electrons. The molecule has 4 rings (SSSR count). The van der Waals surface area contributed by atoms with Gasteiger partial charge in [0.1, 0.15) is 5.60 Å². The highest BCUT2D eigenvalue weighted by atomic mass is 16.6. The van der Waals surface area contributed by atoms with Crippen LogP contribution < -0.4 is 15.5 Å². The maximum absolute atomic E-state index is 12.1. The van der Waals surface area contributed by atoms with E-state index in [2.05, 4.69) is 15.5 Å². The van der Waals surface area contributed by atoms with E-state index >= 15 is 0 Å². The summed E-state index contributed by atoms with van der Waals surface area (Å²) in [5.41, 5.74) is 1.30.